The summed E-state index contributed by atoms with van der Waals surface area (Å²) >= 11 is 6.67. The molecule has 3 aromatic heterocycles. The monoisotopic (exact) mass is 923 g/mol. The average molecular weight is 924 g/mol. The predicted molar refractivity (Wildman–Crippen MR) is 250 cm³/mol. The normalized spacial score (nSPS) is 23.7. The Labute approximate surface area is 386 Å². The standard InChI is InChI=1S/C48H56ClF2N11O4/c1-58-36-9-5-30(23-34(36)40-41(45(58)65)66-27-48(50,51)42(55-40)29-3-4-29)53-43-35(49)25-52-46(56-43)62-21-15-47(16-22-62)13-19-60(20-14-47)26-28-11-17-61(18-12-28)31-6-7-32-37(24-31)59(2)57-39(32)33-8-10-38(63)54-44(33)64/h5-7,9,23-25,28-29,33,42,55H,3-4,8,10-22,26-27H2,1-2H3,(H,52,53,56)(H,54,63,64)/t33?,42-/m0/s1. The summed E-state index contributed by atoms with van der Waals surface area (Å²) in [5, 5.41) is 15.5. The molecule has 1 spiro atoms. The van der Waals surface area contributed by atoms with Crippen LogP contribution in [0.5, 0.6) is 5.75 Å². The van der Waals surface area contributed by atoms with Crippen LogP contribution in [-0.4, -0.2) is 105 Å². The number of aromatic nitrogens is 5. The van der Waals surface area contributed by atoms with Gasteiger partial charge < -0.3 is 34.6 Å². The Morgan fingerprint density at radius 3 is 2.38 bits per heavy atom. The van der Waals surface area contributed by atoms with E-state index in [-0.39, 0.29) is 29.2 Å². The van der Waals surface area contributed by atoms with Crippen LogP contribution in [0.15, 0.2) is 47.4 Å². The molecule has 2 atom stereocenters. The number of fused-ring (bicyclic) bond motifs is 4. The molecule has 3 N–H and O–H groups in total. The van der Waals surface area contributed by atoms with Crippen molar-refractivity contribution in [2.75, 3.05) is 72.9 Å². The zero-order valence-electron chi connectivity index (χ0n) is 37.4. The summed E-state index contributed by atoms with van der Waals surface area (Å²) in [6.07, 6.45) is 10.7. The van der Waals surface area contributed by atoms with Gasteiger partial charge in [0.05, 0.1) is 40.6 Å². The van der Waals surface area contributed by atoms with Gasteiger partial charge in [-0.1, -0.05) is 11.6 Å². The molecule has 11 rings (SSSR count). The smallest absolute Gasteiger partial charge is 0.301 e. The Morgan fingerprint density at radius 2 is 1.64 bits per heavy atom. The first-order valence-electron chi connectivity index (χ1n) is 23.6. The van der Waals surface area contributed by atoms with Crippen molar-refractivity contribution in [3.8, 4) is 5.75 Å². The molecular weight excluding hydrogens is 868 g/mol. The van der Waals surface area contributed by atoms with Gasteiger partial charge in [0.15, 0.2) is 12.4 Å². The van der Waals surface area contributed by atoms with Gasteiger partial charge in [0, 0.05) is 75.4 Å². The number of likely N-dealkylation sites (tertiary alicyclic amines) is 1. The molecule has 15 nitrogen and oxygen atoms in total. The molecule has 66 heavy (non-hydrogen) atoms. The van der Waals surface area contributed by atoms with Gasteiger partial charge in [-0.15, -0.1) is 0 Å². The number of piperidine rings is 4. The fourth-order valence-electron chi connectivity index (χ4n) is 11.3. The molecular formula is C48H56ClF2N11O4. The molecule has 1 aliphatic carbocycles. The van der Waals surface area contributed by atoms with Crippen LogP contribution in [-0.2, 0) is 23.7 Å². The van der Waals surface area contributed by atoms with Gasteiger partial charge in [0.2, 0.25) is 23.5 Å². The maximum atomic E-state index is 15.2. The van der Waals surface area contributed by atoms with E-state index in [0.717, 1.165) is 88.1 Å². The Bertz CT molecular complexity index is 2790. The lowest BCUT2D eigenvalue weighted by molar-refractivity contribution is -0.134. The Hall–Kier alpha value is -5.55. The van der Waals surface area contributed by atoms with Gasteiger partial charge in [0.1, 0.15) is 5.02 Å². The van der Waals surface area contributed by atoms with E-state index in [1.54, 1.807) is 19.3 Å². The van der Waals surface area contributed by atoms with Crippen molar-refractivity contribution in [1.29, 1.82) is 0 Å². The van der Waals surface area contributed by atoms with E-state index in [1.807, 2.05) is 23.9 Å². The number of imide groups is 1. The fraction of sp³-hybridized carbons (Fsp3) is 0.542. The summed E-state index contributed by atoms with van der Waals surface area (Å²) in [7, 11) is 3.54. The van der Waals surface area contributed by atoms with Gasteiger partial charge in [-0.3, -0.25) is 24.4 Å². The van der Waals surface area contributed by atoms with Crippen molar-refractivity contribution < 1.29 is 23.1 Å². The van der Waals surface area contributed by atoms with Crippen molar-refractivity contribution in [3.63, 3.8) is 0 Å². The number of aryl methyl sites for hydroxylation is 2. The molecule has 2 aromatic carbocycles. The number of anilines is 5. The average Bonchev–Trinajstić information content (AvgIpc) is 4.12. The van der Waals surface area contributed by atoms with Crippen LogP contribution < -0.4 is 36.0 Å². The molecule has 0 bridgehead atoms. The van der Waals surface area contributed by atoms with E-state index in [4.69, 9.17) is 26.4 Å². The first-order chi connectivity index (χ1) is 31.8. The molecule has 2 amide bonds. The maximum Gasteiger partial charge on any atom is 0.301 e. The molecule has 5 aliphatic heterocycles. The van der Waals surface area contributed by atoms with Gasteiger partial charge in [-0.05, 0) is 125 Å². The highest BCUT2D eigenvalue weighted by molar-refractivity contribution is 6.33. The summed E-state index contributed by atoms with van der Waals surface area (Å²) in [5.41, 5.74) is 4.30. The van der Waals surface area contributed by atoms with Crippen LogP contribution >= 0.6 is 11.6 Å². The molecule has 1 saturated carbocycles. The summed E-state index contributed by atoms with van der Waals surface area (Å²) in [6, 6.07) is 10.8. The number of rotatable bonds is 8. The second-order valence-corrected chi connectivity index (χ2v) is 20.1. The number of amides is 2. The summed E-state index contributed by atoms with van der Waals surface area (Å²) < 4.78 is 39.2. The number of hydrogen-bond donors (Lipinski definition) is 3. The SMILES string of the molecule is Cn1nc(C2CCC(=O)NC2=O)c2ccc(N3CCC(CN4CCC5(CC4)CCN(c4ncc(Cl)c(Nc6ccc7c(c6)c6c(c(=O)n7C)OCC(F)(F)[C@H](C7CC7)N6)n4)CC5)CC3)cc21. The summed E-state index contributed by atoms with van der Waals surface area (Å²) in [5.74, 6) is -2.56. The number of carbonyl (C=O) groups is 2. The van der Waals surface area contributed by atoms with Crippen LogP contribution in [0.4, 0.5) is 37.6 Å². The lowest BCUT2D eigenvalue weighted by atomic mass is 9.71. The zero-order chi connectivity index (χ0) is 45.5. The van der Waals surface area contributed by atoms with Crippen molar-refractivity contribution in [3.05, 3.63) is 63.7 Å². The number of nitrogens with one attached hydrogen (secondary N) is 3. The highest BCUT2D eigenvalue weighted by Crippen LogP contribution is 2.46. The molecule has 8 heterocycles. The van der Waals surface area contributed by atoms with E-state index in [0.29, 0.717) is 70.4 Å². The Morgan fingerprint density at radius 1 is 0.879 bits per heavy atom. The number of ether oxygens (including phenoxy) is 1. The molecule has 0 radical (unpaired) electrons. The number of carbonyl (C=O) groups excluding carboxylic acids is 2. The van der Waals surface area contributed by atoms with Crippen molar-refractivity contribution in [2.45, 2.75) is 82.1 Å². The third-order valence-corrected chi connectivity index (χ3v) is 15.8. The molecule has 18 heteroatoms. The first-order valence-corrected chi connectivity index (χ1v) is 24.0. The topological polar surface area (TPSA) is 155 Å². The van der Waals surface area contributed by atoms with Crippen LogP contribution in [0.3, 0.4) is 0 Å². The Kier molecular flexibility index (Phi) is 10.9. The van der Waals surface area contributed by atoms with Gasteiger partial charge in [-0.2, -0.15) is 10.1 Å². The van der Waals surface area contributed by atoms with Gasteiger partial charge in [-0.25, -0.2) is 13.8 Å². The van der Waals surface area contributed by atoms with E-state index in [2.05, 4.69) is 53.8 Å². The fourth-order valence-corrected chi connectivity index (χ4v) is 11.5. The number of benzene rings is 2. The molecule has 6 aliphatic rings. The van der Waals surface area contributed by atoms with E-state index >= 15 is 8.78 Å². The number of halogens is 3. The molecule has 5 fully saturated rings. The van der Waals surface area contributed by atoms with Crippen molar-refractivity contribution >= 4 is 74.0 Å². The minimum Gasteiger partial charge on any atom is -0.480 e. The zero-order valence-corrected chi connectivity index (χ0v) is 38.2. The van der Waals surface area contributed by atoms with Crippen LogP contribution in [0, 0.1) is 17.3 Å². The maximum absolute atomic E-state index is 15.2. The molecule has 5 aromatic rings. The number of pyridine rings is 1. The number of alkyl halides is 2. The van der Waals surface area contributed by atoms with E-state index in [1.165, 1.54) is 23.1 Å². The van der Waals surface area contributed by atoms with Crippen LogP contribution in [0.2, 0.25) is 5.02 Å². The Balaban J connectivity index is 0.686. The molecule has 4 saturated heterocycles. The minimum atomic E-state index is -3.12. The summed E-state index contributed by atoms with van der Waals surface area (Å²) in [6.45, 7) is 6.26. The van der Waals surface area contributed by atoms with Gasteiger partial charge in [0.25, 0.3) is 5.56 Å². The summed E-state index contributed by atoms with van der Waals surface area (Å²) in [4.78, 5) is 54.5. The van der Waals surface area contributed by atoms with Crippen LogP contribution in [0.25, 0.3) is 21.8 Å². The molecule has 348 valence electrons. The lowest BCUT2D eigenvalue weighted by Crippen LogP contribution is -2.48. The highest BCUT2D eigenvalue weighted by Gasteiger charge is 2.51. The number of hydrogen-bond acceptors (Lipinski definition) is 12. The van der Waals surface area contributed by atoms with E-state index in [9.17, 15) is 14.4 Å². The van der Waals surface area contributed by atoms with Gasteiger partial charge >= 0.3 is 5.92 Å². The van der Waals surface area contributed by atoms with Crippen LogP contribution in [0.1, 0.15) is 75.8 Å². The minimum absolute atomic E-state index is 0.0966. The quantitative estimate of drug-likeness (QED) is 0.138. The first kappa shape index (κ1) is 43.0. The van der Waals surface area contributed by atoms with E-state index < -0.39 is 30.0 Å². The third kappa shape index (κ3) is 7.98. The molecule has 1 unspecified atom stereocenters. The van der Waals surface area contributed by atoms with Crippen molar-refractivity contribution in [1.82, 2.24) is 34.5 Å². The third-order valence-electron chi connectivity index (χ3n) is 15.6. The second kappa shape index (κ2) is 16.6. The highest BCUT2D eigenvalue weighted by atomic mass is 35.5. The number of nitrogens with zero attached hydrogens (tertiary/aromatic N) is 8. The second-order valence-electron chi connectivity index (χ2n) is 19.7. The van der Waals surface area contributed by atoms with Crippen molar-refractivity contribution in [2.24, 2.45) is 31.3 Å². The largest absolute Gasteiger partial charge is 0.480 e. The lowest BCUT2D eigenvalue weighted by Gasteiger charge is -2.47. The predicted octanol–water partition coefficient (Wildman–Crippen LogP) is 6.95.